The second kappa shape index (κ2) is 6.89. The Morgan fingerprint density at radius 3 is 1.41 bits per heavy atom. The summed E-state index contributed by atoms with van der Waals surface area (Å²) < 4.78 is 21.7. The van der Waals surface area contributed by atoms with Gasteiger partial charge in [0.05, 0.1) is 0 Å². The molecule has 0 N–H and O–H groups in total. The van der Waals surface area contributed by atoms with E-state index in [0.29, 0.717) is 11.5 Å². The molecule has 0 fully saturated rings. The van der Waals surface area contributed by atoms with Crippen LogP contribution in [-0.4, -0.2) is 0 Å². The van der Waals surface area contributed by atoms with Crippen molar-refractivity contribution in [2.75, 3.05) is 0 Å². The number of hydrogen-bond acceptors (Lipinski definition) is 3. The number of halogens is 1. The van der Waals surface area contributed by atoms with E-state index in [1.54, 1.807) is 48.5 Å². The Labute approximate surface area is 107 Å². The lowest BCUT2D eigenvalue weighted by molar-refractivity contribution is 0.415. The minimum absolute atomic E-state index is 0. The Morgan fingerprint density at radius 2 is 1.06 bits per heavy atom. The van der Waals surface area contributed by atoms with Gasteiger partial charge >= 0.3 is 8.25 Å². The second-order valence-electron chi connectivity index (χ2n) is 3.03. The van der Waals surface area contributed by atoms with Gasteiger partial charge in [0.15, 0.2) is 11.5 Å². The summed E-state index contributed by atoms with van der Waals surface area (Å²) in [7, 11) is -2.18. The van der Waals surface area contributed by atoms with E-state index < -0.39 is 8.25 Å². The van der Waals surface area contributed by atoms with E-state index in [1.165, 1.54) is 0 Å². The van der Waals surface area contributed by atoms with Gasteiger partial charge in [-0.2, -0.15) is 0 Å². The van der Waals surface area contributed by atoms with Crippen LogP contribution in [-0.2, 0) is 4.57 Å². The molecule has 0 unspecified atom stereocenters. The standard InChI is InChI=1S/C12H10O3P.ClH/c13-16(14-11-7-3-1-4-8-11)15-12-9-5-2-6-10-12;/h1-10H;1H/q+1;. The summed E-state index contributed by atoms with van der Waals surface area (Å²) in [6.07, 6.45) is 0. The molecule has 0 spiro atoms. The molecule has 3 nitrogen and oxygen atoms in total. The molecule has 0 saturated heterocycles. The van der Waals surface area contributed by atoms with Crippen molar-refractivity contribution in [1.29, 1.82) is 0 Å². The molecule has 2 aromatic carbocycles. The van der Waals surface area contributed by atoms with Crippen LogP contribution in [0.25, 0.3) is 0 Å². The number of para-hydroxylation sites is 2. The lowest BCUT2D eigenvalue weighted by Crippen LogP contribution is -1.87. The maximum absolute atomic E-state index is 11.5. The van der Waals surface area contributed by atoms with Gasteiger partial charge < -0.3 is 0 Å². The summed E-state index contributed by atoms with van der Waals surface area (Å²) in [5, 5.41) is 0. The van der Waals surface area contributed by atoms with Crippen molar-refractivity contribution >= 4 is 20.7 Å². The van der Waals surface area contributed by atoms with Crippen LogP contribution in [0.15, 0.2) is 60.7 Å². The van der Waals surface area contributed by atoms with E-state index >= 15 is 0 Å². The molecule has 5 heteroatoms. The molecule has 0 aliphatic carbocycles. The molecule has 0 bridgehead atoms. The highest BCUT2D eigenvalue weighted by molar-refractivity contribution is 7.34. The molecule has 0 aliphatic rings. The van der Waals surface area contributed by atoms with Gasteiger partial charge in [0.2, 0.25) is 0 Å². The predicted octanol–water partition coefficient (Wildman–Crippen LogP) is 4.22. The fourth-order valence-electron chi connectivity index (χ4n) is 1.15. The molecule has 2 rings (SSSR count). The molecule has 0 atom stereocenters. The van der Waals surface area contributed by atoms with E-state index in [9.17, 15) is 4.57 Å². The normalized spacial score (nSPS) is 8.94. The first kappa shape index (κ1) is 13.5. The molecule has 0 amide bonds. The van der Waals surface area contributed by atoms with Gasteiger partial charge in [-0.15, -0.1) is 12.4 Å². The van der Waals surface area contributed by atoms with Gasteiger partial charge in [-0.3, -0.25) is 0 Å². The Bertz CT molecular complexity index is 418. The number of rotatable bonds is 4. The van der Waals surface area contributed by atoms with Crippen LogP contribution in [0.3, 0.4) is 0 Å². The van der Waals surface area contributed by atoms with E-state index in [1.807, 2.05) is 12.1 Å². The molecule has 0 aromatic heterocycles. The van der Waals surface area contributed by atoms with Crippen LogP contribution in [0, 0.1) is 0 Å². The molecule has 17 heavy (non-hydrogen) atoms. The largest absolute Gasteiger partial charge is 0.805 e. The van der Waals surface area contributed by atoms with E-state index in [-0.39, 0.29) is 12.4 Å². The zero-order valence-corrected chi connectivity index (χ0v) is 10.6. The first-order valence-electron chi connectivity index (χ1n) is 4.78. The highest BCUT2D eigenvalue weighted by atomic mass is 35.5. The molecule has 0 aliphatic heterocycles. The van der Waals surface area contributed by atoms with Gasteiger partial charge in [-0.1, -0.05) is 36.4 Å². The highest BCUT2D eigenvalue weighted by Gasteiger charge is 2.23. The van der Waals surface area contributed by atoms with Crippen molar-refractivity contribution in [2.45, 2.75) is 0 Å². The zero-order chi connectivity index (χ0) is 11.2. The molecule has 0 radical (unpaired) electrons. The van der Waals surface area contributed by atoms with Gasteiger partial charge in [0.25, 0.3) is 0 Å². The van der Waals surface area contributed by atoms with Crippen LogP contribution >= 0.6 is 20.7 Å². The smallest absolute Gasteiger partial charge is 0.222 e. The molecule has 0 heterocycles. The predicted molar refractivity (Wildman–Crippen MR) is 69.0 cm³/mol. The zero-order valence-electron chi connectivity index (χ0n) is 8.85. The molecular weight excluding hydrogens is 259 g/mol. The Kier molecular flexibility index (Phi) is 5.47. The van der Waals surface area contributed by atoms with Crippen LogP contribution in [0.5, 0.6) is 11.5 Å². The summed E-state index contributed by atoms with van der Waals surface area (Å²) in [6.45, 7) is 0. The summed E-state index contributed by atoms with van der Waals surface area (Å²) in [6, 6.07) is 17.8. The summed E-state index contributed by atoms with van der Waals surface area (Å²) in [5.74, 6) is 1.05. The average Bonchev–Trinajstić information content (AvgIpc) is 2.31. The van der Waals surface area contributed by atoms with Crippen molar-refractivity contribution in [3.8, 4) is 11.5 Å². The monoisotopic (exact) mass is 269 g/mol. The molecular formula is C12H11ClO3P+. The van der Waals surface area contributed by atoms with Crippen LogP contribution < -0.4 is 9.05 Å². The van der Waals surface area contributed by atoms with Crippen LogP contribution in [0.1, 0.15) is 0 Å². The average molecular weight is 270 g/mol. The fourth-order valence-corrected chi connectivity index (χ4v) is 1.78. The van der Waals surface area contributed by atoms with E-state index in [0.717, 1.165) is 0 Å². The molecule has 88 valence electrons. The van der Waals surface area contributed by atoms with Gasteiger partial charge in [0.1, 0.15) is 0 Å². The van der Waals surface area contributed by atoms with Gasteiger partial charge in [-0.25, -0.2) is 9.05 Å². The summed E-state index contributed by atoms with van der Waals surface area (Å²) in [4.78, 5) is 0. The SMILES string of the molecule is Cl.O=[P+](Oc1ccccc1)Oc1ccccc1. The Balaban J connectivity index is 0.00000144. The van der Waals surface area contributed by atoms with Crippen molar-refractivity contribution in [1.82, 2.24) is 0 Å². The topological polar surface area (TPSA) is 35.5 Å². The van der Waals surface area contributed by atoms with Crippen LogP contribution in [0.4, 0.5) is 0 Å². The maximum atomic E-state index is 11.5. The quantitative estimate of drug-likeness (QED) is 0.780. The molecule has 0 saturated carbocycles. The Hall–Kier alpha value is -1.57. The van der Waals surface area contributed by atoms with E-state index in [2.05, 4.69) is 0 Å². The third kappa shape index (κ3) is 4.43. The minimum atomic E-state index is -2.18. The first-order chi connectivity index (χ1) is 7.84. The maximum Gasteiger partial charge on any atom is 0.805 e. The summed E-state index contributed by atoms with van der Waals surface area (Å²) in [5.41, 5.74) is 0. The first-order valence-corrected chi connectivity index (χ1v) is 5.87. The van der Waals surface area contributed by atoms with Crippen molar-refractivity contribution < 1.29 is 13.6 Å². The second-order valence-corrected chi connectivity index (χ2v) is 3.84. The number of hydrogen-bond donors (Lipinski definition) is 0. The third-order valence-corrected chi connectivity index (χ3v) is 2.57. The van der Waals surface area contributed by atoms with E-state index in [4.69, 9.17) is 9.05 Å². The highest BCUT2D eigenvalue weighted by Crippen LogP contribution is 2.29. The van der Waals surface area contributed by atoms with Crippen molar-refractivity contribution in [3.05, 3.63) is 60.7 Å². The Morgan fingerprint density at radius 1 is 0.706 bits per heavy atom. The van der Waals surface area contributed by atoms with Crippen molar-refractivity contribution in [2.24, 2.45) is 0 Å². The third-order valence-electron chi connectivity index (χ3n) is 1.85. The van der Waals surface area contributed by atoms with Gasteiger partial charge in [0, 0.05) is 4.57 Å². The number of benzene rings is 2. The lowest BCUT2D eigenvalue weighted by Gasteiger charge is -1.92. The van der Waals surface area contributed by atoms with Gasteiger partial charge in [-0.05, 0) is 24.3 Å². The lowest BCUT2D eigenvalue weighted by atomic mass is 10.3. The summed E-state index contributed by atoms with van der Waals surface area (Å²) >= 11 is 0. The minimum Gasteiger partial charge on any atom is -0.222 e. The fraction of sp³-hybridized carbons (Fsp3) is 0. The molecule has 2 aromatic rings. The van der Waals surface area contributed by atoms with Crippen molar-refractivity contribution in [3.63, 3.8) is 0 Å². The van der Waals surface area contributed by atoms with Crippen LogP contribution in [0.2, 0.25) is 0 Å².